The third-order valence-corrected chi connectivity index (χ3v) is 5.26. The Morgan fingerprint density at radius 2 is 1.73 bits per heavy atom. The summed E-state index contributed by atoms with van der Waals surface area (Å²) in [7, 11) is 1.39. The first-order valence-electron chi connectivity index (χ1n) is 10.9. The van der Waals surface area contributed by atoms with Gasteiger partial charge in [-0.25, -0.2) is 4.39 Å². The molecular weight excluding hydrogens is 429 g/mol. The Morgan fingerprint density at radius 3 is 2.42 bits per heavy atom. The SMILES string of the molecule is CCOc1cc(C(=O)Nc2ccc(F)c(C(=O)NC)c2)ccc1OCC(=O)N1CCCCC1. The minimum absolute atomic E-state index is 0.0813. The summed E-state index contributed by atoms with van der Waals surface area (Å²) >= 11 is 0. The molecule has 1 aliphatic rings. The number of halogens is 1. The fraction of sp³-hybridized carbons (Fsp3) is 0.375. The number of ether oxygens (including phenoxy) is 2. The molecule has 176 valence electrons. The van der Waals surface area contributed by atoms with Gasteiger partial charge in [0.1, 0.15) is 5.82 Å². The second-order valence-corrected chi connectivity index (χ2v) is 7.55. The molecule has 1 fully saturated rings. The van der Waals surface area contributed by atoms with E-state index < -0.39 is 17.6 Å². The molecule has 3 rings (SSSR count). The third-order valence-electron chi connectivity index (χ3n) is 5.26. The predicted octanol–water partition coefficient (Wildman–Crippen LogP) is 3.23. The summed E-state index contributed by atoms with van der Waals surface area (Å²) in [5, 5.41) is 5.00. The van der Waals surface area contributed by atoms with Gasteiger partial charge in [-0.2, -0.15) is 0 Å². The summed E-state index contributed by atoms with van der Waals surface area (Å²) in [5.74, 6) is -1.14. The zero-order valence-electron chi connectivity index (χ0n) is 18.8. The van der Waals surface area contributed by atoms with E-state index in [1.165, 1.54) is 25.2 Å². The molecule has 8 nitrogen and oxygen atoms in total. The molecule has 0 aliphatic carbocycles. The van der Waals surface area contributed by atoms with Crippen molar-refractivity contribution in [3.63, 3.8) is 0 Å². The van der Waals surface area contributed by atoms with Gasteiger partial charge in [-0.15, -0.1) is 0 Å². The number of anilines is 1. The molecule has 1 heterocycles. The monoisotopic (exact) mass is 457 g/mol. The summed E-state index contributed by atoms with van der Waals surface area (Å²) in [4.78, 5) is 38.7. The maximum Gasteiger partial charge on any atom is 0.260 e. The molecule has 1 aliphatic heterocycles. The van der Waals surface area contributed by atoms with Crippen molar-refractivity contribution in [2.75, 3.05) is 38.7 Å². The van der Waals surface area contributed by atoms with Crippen LogP contribution in [0.3, 0.4) is 0 Å². The highest BCUT2D eigenvalue weighted by molar-refractivity contribution is 6.05. The first kappa shape index (κ1) is 24.0. The summed E-state index contributed by atoms with van der Waals surface area (Å²) < 4.78 is 25.2. The van der Waals surface area contributed by atoms with Crippen LogP contribution in [-0.4, -0.2) is 56.0 Å². The molecular formula is C24H28FN3O5. The third kappa shape index (κ3) is 6.21. The Labute approximate surface area is 192 Å². The Kier molecular flexibility index (Phi) is 8.23. The van der Waals surface area contributed by atoms with Crippen LogP contribution in [0, 0.1) is 5.82 Å². The second kappa shape index (κ2) is 11.3. The minimum Gasteiger partial charge on any atom is -0.490 e. The van der Waals surface area contributed by atoms with Gasteiger partial charge in [0, 0.05) is 31.4 Å². The average Bonchev–Trinajstić information content (AvgIpc) is 2.84. The number of nitrogens with zero attached hydrogens (tertiary/aromatic N) is 1. The molecule has 2 N–H and O–H groups in total. The number of hydrogen-bond acceptors (Lipinski definition) is 5. The Morgan fingerprint density at radius 1 is 0.970 bits per heavy atom. The largest absolute Gasteiger partial charge is 0.490 e. The second-order valence-electron chi connectivity index (χ2n) is 7.55. The van der Waals surface area contributed by atoms with Gasteiger partial charge in [0.05, 0.1) is 12.2 Å². The first-order chi connectivity index (χ1) is 15.9. The Hall–Kier alpha value is -3.62. The molecule has 1 saturated heterocycles. The van der Waals surface area contributed by atoms with E-state index in [1.807, 2.05) is 0 Å². The van der Waals surface area contributed by atoms with Crippen molar-refractivity contribution in [3.05, 3.63) is 53.3 Å². The van der Waals surface area contributed by atoms with Crippen molar-refractivity contribution in [1.82, 2.24) is 10.2 Å². The van der Waals surface area contributed by atoms with Crippen LogP contribution < -0.4 is 20.1 Å². The van der Waals surface area contributed by atoms with E-state index >= 15 is 0 Å². The van der Waals surface area contributed by atoms with Crippen LogP contribution in [0.4, 0.5) is 10.1 Å². The van der Waals surface area contributed by atoms with E-state index in [4.69, 9.17) is 9.47 Å². The Bertz CT molecular complexity index is 1020. The molecule has 3 amide bonds. The minimum atomic E-state index is -0.688. The highest BCUT2D eigenvalue weighted by Crippen LogP contribution is 2.29. The van der Waals surface area contributed by atoms with Crippen molar-refractivity contribution < 1.29 is 28.2 Å². The van der Waals surface area contributed by atoms with Crippen LogP contribution in [-0.2, 0) is 4.79 Å². The summed E-state index contributed by atoms with van der Waals surface area (Å²) in [6.45, 7) is 3.52. The molecule has 0 radical (unpaired) electrons. The zero-order valence-corrected chi connectivity index (χ0v) is 18.8. The predicted molar refractivity (Wildman–Crippen MR) is 121 cm³/mol. The molecule has 0 atom stereocenters. The number of likely N-dealkylation sites (tertiary alicyclic amines) is 1. The molecule has 2 aromatic carbocycles. The van der Waals surface area contributed by atoms with Crippen LogP contribution in [0.25, 0.3) is 0 Å². The van der Waals surface area contributed by atoms with E-state index in [0.29, 0.717) is 18.1 Å². The maximum absolute atomic E-state index is 13.9. The van der Waals surface area contributed by atoms with Gasteiger partial charge in [0.15, 0.2) is 18.1 Å². The molecule has 0 saturated carbocycles. The Balaban J connectivity index is 1.70. The first-order valence-corrected chi connectivity index (χ1v) is 10.9. The smallest absolute Gasteiger partial charge is 0.260 e. The lowest BCUT2D eigenvalue weighted by Gasteiger charge is -2.26. The highest BCUT2D eigenvalue weighted by Gasteiger charge is 2.19. The fourth-order valence-electron chi connectivity index (χ4n) is 3.53. The van der Waals surface area contributed by atoms with Crippen LogP contribution in [0.5, 0.6) is 11.5 Å². The van der Waals surface area contributed by atoms with Crippen molar-refractivity contribution >= 4 is 23.4 Å². The lowest BCUT2D eigenvalue weighted by atomic mass is 10.1. The van der Waals surface area contributed by atoms with Gasteiger partial charge < -0.3 is 25.0 Å². The molecule has 2 aromatic rings. The van der Waals surface area contributed by atoms with Gasteiger partial charge in [-0.3, -0.25) is 14.4 Å². The zero-order chi connectivity index (χ0) is 23.8. The molecule has 0 unspecified atom stereocenters. The van der Waals surface area contributed by atoms with Gasteiger partial charge in [0.25, 0.3) is 17.7 Å². The fourth-order valence-corrected chi connectivity index (χ4v) is 3.53. The van der Waals surface area contributed by atoms with Gasteiger partial charge in [-0.1, -0.05) is 0 Å². The number of piperidine rings is 1. The maximum atomic E-state index is 13.9. The number of nitrogens with one attached hydrogen (secondary N) is 2. The summed E-state index contributed by atoms with van der Waals surface area (Å²) in [5.41, 5.74) is 0.372. The molecule has 0 bridgehead atoms. The average molecular weight is 458 g/mol. The van der Waals surface area contributed by atoms with E-state index in [0.717, 1.165) is 38.4 Å². The molecule has 33 heavy (non-hydrogen) atoms. The topological polar surface area (TPSA) is 97.0 Å². The molecule has 9 heteroatoms. The number of carbonyl (C=O) groups is 3. The van der Waals surface area contributed by atoms with E-state index in [-0.39, 0.29) is 29.3 Å². The normalized spacial score (nSPS) is 13.2. The number of amides is 3. The van der Waals surface area contributed by atoms with E-state index in [2.05, 4.69) is 10.6 Å². The molecule has 0 aromatic heterocycles. The number of hydrogen-bond donors (Lipinski definition) is 2. The lowest BCUT2D eigenvalue weighted by Crippen LogP contribution is -2.38. The van der Waals surface area contributed by atoms with E-state index in [9.17, 15) is 18.8 Å². The van der Waals surface area contributed by atoms with Gasteiger partial charge >= 0.3 is 0 Å². The lowest BCUT2D eigenvalue weighted by molar-refractivity contribution is -0.134. The van der Waals surface area contributed by atoms with Crippen LogP contribution >= 0.6 is 0 Å². The number of carbonyl (C=O) groups excluding carboxylic acids is 3. The van der Waals surface area contributed by atoms with Gasteiger partial charge in [-0.05, 0) is 62.6 Å². The molecule has 0 spiro atoms. The van der Waals surface area contributed by atoms with E-state index in [1.54, 1.807) is 24.0 Å². The number of benzene rings is 2. The van der Waals surface area contributed by atoms with Crippen molar-refractivity contribution in [2.24, 2.45) is 0 Å². The highest BCUT2D eigenvalue weighted by atomic mass is 19.1. The summed E-state index contributed by atoms with van der Waals surface area (Å²) in [6, 6.07) is 8.38. The summed E-state index contributed by atoms with van der Waals surface area (Å²) in [6.07, 6.45) is 3.13. The quantitative estimate of drug-likeness (QED) is 0.635. The standard InChI is InChI=1S/C24H28FN3O5/c1-3-32-21-13-16(7-10-20(21)33-15-22(29)28-11-5-4-6-12-28)23(30)27-17-8-9-19(25)18(14-17)24(31)26-2/h7-10,13-14H,3-6,11-12,15H2,1-2H3,(H,26,31)(H,27,30). The van der Waals surface area contributed by atoms with Gasteiger partial charge in [0.2, 0.25) is 0 Å². The van der Waals surface area contributed by atoms with Crippen LogP contribution in [0.1, 0.15) is 46.9 Å². The van der Waals surface area contributed by atoms with Crippen molar-refractivity contribution in [3.8, 4) is 11.5 Å². The van der Waals surface area contributed by atoms with Crippen LogP contribution in [0.15, 0.2) is 36.4 Å². The van der Waals surface area contributed by atoms with Crippen molar-refractivity contribution in [1.29, 1.82) is 0 Å². The van der Waals surface area contributed by atoms with Crippen LogP contribution in [0.2, 0.25) is 0 Å². The van der Waals surface area contributed by atoms with Crippen molar-refractivity contribution in [2.45, 2.75) is 26.2 Å². The number of rotatable bonds is 8.